The number of benzene rings is 2. The molecule has 2 aromatic heterocycles. The predicted molar refractivity (Wildman–Crippen MR) is 106 cm³/mol. The molecular weight excluding hydrogens is 396 g/mol. The van der Waals surface area contributed by atoms with Crippen LogP contribution in [0.3, 0.4) is 0 Å². The molecule has 9 nitrogen and oxygen atoms in total. The molecule has 2 aromatic carbocycles. The van der Waals surface area contributed by atoms with Gasteiger partial charge in [0, 0.05) is 28.9 Å². The van der Waals surface area contributed by atoms with Gasteiger partial charge in [-0.1, -0.05) is 23.7 Å². The molecule has 1 N–H and O–H groups in total. The molecule has 0 spiro atoms. The van der Waals surface area contributed by atoms with E-state index < -0.39 is 5.69 Å². The Bertz CT molecular complexity index is 1210. The number of aromatic nitrogens is 6. The van der Waals surface area contributed by atoms with Gasteiger partial charge in [-0.15, -0.1) is 5.10 Å². The molecule has 0 unspecified atom stereocenters. The van der Waals surface area contributed by atoms with Crippen molar-refractivity contribution in [3.8, 4) is 23.0 Å². The molecule has 2 heterocycles. The van der Waals surface area contributed by atoms with E-state index in [0.29, 0.717) is 22.3 Å². The molecule has 0 saturated carbocycles. The van der Waals surface area contributed by atoms with Gasteiger partial charge in [0.1, 0.15) is 18.0 Å². The zero-order chi connectivity index (χ0) is 20.4. The van der Waals surface area contributed by atoms with E-state index in [1.165, 1.54) is 4.68 Å². The highest BCUT2D eigenvalue weighted by atomic mass is 35.5. The van der Waals surface area contributed by atoms with Crippen LogP contribution in [0.1, 0.15) is 11.1 Å². The van der Waals surface area contributed by atoms with Crippen molar-refractivity contribution in [1.82, 2.24) is 30.0 Å². The zero-order valence-corrected chi connectivity index (χ0v) is 16.4. The highest BCUT2D eigenvalue weighted by Crippen LogP contribution is 2.27. The Balaban J connectivity index is 1.59. The number of hydrogen-bond acceptors (Lipinski definition) is 6. The van der Waals surface area contributed by atoms with Crippen LogP contribution in [0.25, 0.3) is 11.4 Å². The summed E-state index contributed by atoms with van der Waals surface area (Å²) in [5, 5.41) is 14.7. The highest BCUT2D eigenvalue weighted by molar-refractivity contribution is 6.30. The normalized spacial score (nSPS) is 10.9. The second-order valence-corrected chi connectivity index (χ2v) is 6.63. The fraction of sp³-hybridized carbons (Fsp3) is 0.158. The smallest absolute Gasteiger partial charge is 0.365 e. The third kappa shape index (κ3) is 3.72. The predicted octanol–water partition coefficient (Wildman–Crippen LogP) is 2.69. The van der Waals surface area contributed by atoms with Crippen LogP contribution < -0.4 is 15.2 Å². The van der Waals surface area contributed by atoms with Gasteiger partial charge in [0.2, 0.25) is 5.88 Å². The van der Waals surface area contributed by atoms with Gasteiger partial charge >= 0.3 is 5.69 Å². The summed E-state index contributed by atoms with van der Waals surface area (Å²) in [4.78, 5) is 11.9. The van der Waals surface area contributed by atoms with Crippen LogP contribution in [0.5, 0.6) is 11.6 Å². The first-order chi connectivity index (χ1) is 14.1. The second kappa shape index (κ2) is 7.80. The van der Waals surface area contributed by atoms with Gasteiger partial charge in [-0.05, 0) is 41.1 Å². The van der Waals surface area contributed by atoms with Gasteiger partial charge in [-0.3, -0.25) is 0 Å². The van der Waals surface area contributed by atoms with Gasteiger partial charge in [0.25, 0.3) is 0 Å². The van der Waals surface area contributed by atoms with E-state index in [0.717, 1.165) is 16.8 Å². The van der Waals surface area contributed by atoms with Crippen LogP contribution in [0.2, 0.25) is 5.02 Å². The van der Waals surface area contributed by atoms with E-state index in [-0.39, 0.29) is 6.61 Å². The lowest BCUT2D eigenvalue weighted by Gasteiger charge is -2.12. The molecule has 0 fully saturated rings. The maximum Gasteiger partial charge on any atom is 0.365 e. The molecule has 0 atom stereocenters. The minimum absolute atomic E-state index is 0.204. The Morgan fingerprint density at radius 2 is 2.03 bits per heavy atom. The van der Waals surface area contributed by atoms with Gasteiger partial charge in [0.15, 0.2) is 0 Å². The molecule has 10 heteroatoms. The summed E-state index contributed by atoms with van der Waals surface area (Å²) in [5.74, 6) is 1.02. The minimum Gasteiger partial charge on any atom is -0.494 e. The largest absolute Gasteiger partial charge is 0.494 e. The first-order valence-electron chi connectivity index (χ1n) is 8.68. The monoisotopic (exact) mass is 412 g/mol. The summed E-state index contributed by atoms with van der Waals surface area (Å²) < 4.78 is 14.1. The Morgan fingerprint density at radius 3 is 2.79 bits per heavy atom. The molecule has 0 radical (unpaired) electrons. The van der Waals surface area contributed by atoms with Crippen molar-refractivity contribution in [2.75, 3.05) is 7.11 Å². The molecular formula is C19H17ClN6O3. The summed E-state index contributed by atoms with van der Waals surface area (Å²) in [5.41, 5.74) is 2.68. The molecule has 0 aliphatic rings. The zero-order valence-electron chi connectivity index (χ0n) is 15.7. The number of H-pyrrole nitrogens is 1. The van der Waals surface area contributed by atoms with Crippen molar-refractivity contribution in [2.24, 2.45) is 0 Å². The number of ether oxygens (including phenoxy) is 2. The van der Waals surface area contributed by atoms with Crippen molar-refractivity contribution >= 4 is 11.6 Å². The van der Waals surface area contributed by atoms with Gasteiger partial charge in [-0.25, -0.2) is 14.6 Å². The molecule has 0 bridgehead atoms. The maximum atomic E-state index is 11.9. The van der Waals surface area contributed by atoms with Gasteiger partial charge < -0.3 is 9.47 Å². The van der Waals surface area contributed by atoms with E-state index in [9.17, 15) is 4.79 Å². The van der Waals surface area contributed by atoms with E-state index in [2.05, 4.69) is 20.6 Å². The third-order valence-electron chi connectivity index (χ3n) is 4.40. The molecule has 29 heavy (non-hydrogen) atoms. The number of hydrogen-bond donors (Lipinski definition) is 1. The molecule has 0 amide bonds. The summed E-state index contributed by atoms with van der Waals surface area (Å²) in [6.45, 7) is 2.14. The second-order valence-electron chi connectivity index (χ2n) is 6.19. The fourth-order valence-electron chi connectivity index (χ4n) is 2.93. The van der Waals surface area contributed by atoms with Gasteiger partial charge in [-0.2, -0.15) is 4.68 Å². The summed E-state index contributed by atoms with van der Waals surface area (Å²) in [7, 11) is 1.57. The Hall–Kier alpha value is -3.59. The number of nitrogens with one attached hydrogen (secondary N) is 1. The number of tetrazole rings is 1. The third-order valence-corrected chi connectivity index (χ3v) is 4.64. The van der Waals surface area contributed by atoms with Crippen molar-refractivity contribution in [3.63, 3.8) is 0 Å². The van der Waals surface area contributed by atoms with Crippen molar-refractivity contribution in [2.45, 2.75) is 13.5 Å². The number of aromatic amines is 1. The van der Waals surface area contributed by atoms with Gasteiger partial charge in [0.05, 0.1) is 12.8 Å². The maximum absolute atomic E-state index is 11.9. The molecule has 0 aliphatic carbocycles. The van der Waals surface area contributed by atoms with E-state index >= 15 is 0 Å². The number of rotatable bonds is 6. The quantitative estimate of drug-likeness (QED) is 0.522. The lowest BCUT2D eigenvalue weighted by atomic mass is 10.1. The Labute approximate surface area is 170 Å². The first kappa shape index (κ1) is 18.8. The number of aryl methyl sites for hydroxylation is 1. The fourth-order valence-corrected chi connectivity index (χ4v) is 3.10. The summed E-state index contributed by atoms with van der Waals surface area (Å²) in [6, 6.07) is 12.6. The summed E-state index contributed by atoms with van der Waals surface area (Å²) >= 11 is 6.02. The van der Waals surface area contributed by atoms with E-state index in [1.54, 1.807) is 42.3 Å². The Morgan fingerprint density at radius 1 is 1.17 bits per heavy atom. The lowest BCUT2D eigenvalue weighted by molar-refractivity contribution is 0.290. The Kier molecular flexibility index (Phi) is 5.05. The molecule has 148 valence electrons. The lowest BCUT2D eigenvalue weighted by Crippen LogP contribution is -2.18. The van der Waals surface area contributed by atoms with Crippen LogP contribution in [0.15, 0.2) is 53.5 Å². The van der Waals surface area contributed by atoms with Crippen molar-refractivity contribution in [1.29, 1.82) is 0 Å². The highest BCUT2D eigenvalue weighted by Gasteiger charge is 2.13. The van der Waals surface area contributed by atoms with Crippen LogP contribution in [0.4, 0.5) is 0 Å². The van der Waals surface area contributed by atoms with Crippen molar-refractivity contribution in [3.05, 3.63) is 75.3 Å². The van der Waals surface area contributed by atoms with E-state index in [4.69, 9.17) is 21.1 Å². The van der Waals surface area contributed by atoms with E-state index in [1.807, 2.05) is 25.1 Å². The average molecular weight is 413 g/mol. The summed E-state index contributed by atoms with van der Waals surface area (Å²) in [6.07, 6.45) is 1.77. The molecule has 4 rings (SSSR count). The average Bonchev–Trinajstić information content (AvgIpc) is 3.35. The number of methoxy groups -OCH3 is 1. The van der Waals surface area contributed by atoms with Crippen LogP contribution >= 0.6 is 11.6 Å². The van der Waals surface area contributed by atoms with Crippen molar-refractivity contribution < 1.29 is 9.47 Å². The first-order valence-corrected chi connectivity index (χ1v) is 9.06. The molecule has 0 saturated heterocycles. The topological polar surface area (TPSA) is 99.9 Å². The molecule has 0 aliphatic heterocycles. The number of halogens is 1. The minimum atomic E-state index is -0.420. The van der Waals surface area contributed by atoms with Crippen LogP contribution in [-0.4, -0.2) is 37.1 Å². The van der Waals surface area contributed by atoms with Crippen LogP contribution in [-0.2, 0) is 6.61 Å². The SMILES string of the molecule is COc1cc(Cl)ccc1-n1ccc(OCc2c(C)cccc2-n2nn[nH]c2=O)n1. The van der Waals surface area contributed by atoms with Crippen LogP contribution in [0, 0.1) is 6.92 Å². The standard InChI is InChI=1S/C19H17ClN6O3/c1-12-4-3-5-15(26-19(27)21-23-24-26)14(12)11-29-18-8-9-25(22-18)16-7-6-13(20)10-17(16)28-2/h3-10H,11H2,1-2H3,(H,21,24,27). The number of nitrogens with zero attached hydrogens (tertiary/aromatic N) is 5. The molecule has 4 aromatic rings.